The monoisotopic (exact) mass is 375 g/mol. The number of aryl methyl sites for hydroxylation is 2. The van der Waals surface area contributed by atoms with Gasteiger partial charge in [0.05, 0.1) is 13.2 Å². The third kappa shape index (κ3) is 4.92. The summed E-state index contributed by atoms with van der Waals surface area (Å²) in [6.07, 6.45) is 0.173. The number of halogens is 1. The Bertz CT molecular complexity index is 735. The average Bonchev–Trinajstić information content (AvgIpc) is 2.64. The van der Waals surface area contributed by atoms with Crippen LogP contribution in [0, 0.1) is 13.8 Å². The molecule has 5 heteroatoms. The Balaban J connectivity index is 2.04. The summed E-state index contributed by atoms with van der Waals surface area (Å²) in [5.41, 5.74) is 2.89. The Morgan fingerprint density at radius 2 is 1.69 bits per heavy atom. The third-order valence-electron chi connectivity index (χ3n) is 4.33. The first-order chi connectivity index (χ1) is 12.3. The molecule has 1 amide bonds. The van der Waals surface area contributed by atoms with Crippen molar-refractivity contribution in [2.75, 3.05) is 7.11 Å². The highest BCUT2D eigenvalue weighted by Crippen LogP contribution is 2.27. The van der Waals surface area contributed by atoms with Crippen LogP contribution >= 0.6 is 11.6 Å². The van der Waals surface area contributed by atoms with E-state index >= 15 is 0 Å². The first-order valence-corrected chi connectivity index (χ1v) is 9.11. The molecular formula is C21H26ClNO3. The van der Waals surface area contributed by atoms with Crippen LogP contribution in [0.4, 0.5) is 0 Å². The van der Waals surface area contributed by atoms with Crippen molar-refractivity contribution in [1.29, 1.82) is 0 Å². The topological polar surface area (TPSA) is 47.6 Å². The molecular weight excluding hydrogens is 350 g/mol. The zero-order chi connectivity index (χ0) is 19.3. The predicted molar refractivity (Wildman–Crippen MR) is 105 cm³/mol. The third-order valence-corrected chi connectivity index (χ3v) is 4.93. The molecule has 0 saturated carbocycles. The molecule has 2 rings (SSSR count). The summed E-state index contributed by atoms with van der Waals surface area (Å²) in [4.78, 5) is 12.6. The summed E-state index contributed by atoms with van der Waals surface area (Å²) in [6, 6.07) is 11.3. The number of hydrogen-bond acceptors (Lipinski definition) is 3. The molecule has 4 nitrogen and oxygen atoms in total. The first-order valence-electron chi connectivity index (χ1n) is 8.73. The smallest absolute Gasteiger partial charge is 0.261 e. The van der Waals surface area contributed by atoms with Crippen LogP contribution in [-0.2, 0) is 4.79 Å². The van der Waals surface area contributed by atoms with Gasteiger partial charge in [-0.3, -0.25) is 4.79 Å². The summed E-state index contributed by atoms with van der Waals surface area (Å²) >= 11 is 6.18. The minimum Gasteiger partial charge on any atom is -0.497 e. The van der Waals surface area contributed by atoms with Gasteiger partial charge in [0.15, 0.2) is 6.10 Å². The highest BCUT2D eigenvalue weighted by Gasteiger charge is 2.20. The number of carbonyl (C=O) groups excluding carboxylic acids is 1. The van der Waals surface area contributed by atoms with E-state index in [9.17, 15) is 4.79 Å². The maximum atomic E-state index is 12.6. The van der Waals surface area contributed by atoms with Crippen molar-refractivity contribution < 1.29 is 14.3 Å². The van der Waals surface area contributed by atoms with E-state index in [2.05, 4.69) is 5.32 Å². The minimum atomic E-state index is -0.609. The molecule has 0 radical (unpaired) electrons. The molecule has 0 unspecified atom stereocenters. The molecule has 26 heavy (non-hydrogen) atoms. The minimum absolute atomic E-state index is 0.0758. The molecule has 0 saturated heterocycles. The molecule has 1 N–H and O–H groups in total. The second-order valence-electron chi connectivity index (χ2n) is 6.37. The number of hydrogen-bond donors (Lipinski definition) is 1. The van der Waals surface area contributed by atoms with Crippen LogP contribution in [-0.4, -0.2) is 19.1 Å². The largest absolute Gasteiger partial charge is 0.497 e. The van der Waals surface area contributed by atoms with Crippen LogP contribution in [0.25, 0.3) is 0 Å². The van der Waals surface area contributed by atoms with Crippen LogP contribution in [0.1, 0.15) is 43.0 Å². The summed E-state index contributed by atoms with van der Waals surface area (Å²) in [5.74, 6) is 1.28. The van der Waals surface area contributed by atoms with Crippen LogP contribution < -0.4 is 14.8 Å². The molecule has 0 spiro atoms. The maximum Gasteiger partial charge on any atom is 0.261 e. The van der Waals surface area contributed by atoms with Crippen molar-refractivity contribution >= 4 is 17.5 Å². The van der Waals surface area contributed by atoms with Crippen molar-refractivity contribution in [3.05, 3.63) is 58.1 Å². The number of ether oxygens (including phenoxy) is 2. The van der Waals surface area contributed by atoms with E-state index in [0.717, 1.165) is 33.9 Å². The Labute approximate surface area is 160 Å². The average molecular weight is 376 g/mol. The lowest BCUT2D eigenvalue weighted by molar-refractivity contribution is -0.128. The first kappa shape index (κ1) is 20.1. The number of rotatable bonds is 7. The molecule has 0 heterocycles. The molecule has 0 aliphatic rings. The van der Waals surface area contributed by atoms with E-state index in [1.807, 2.05) is 57.2 Å². The summed E-state index contributed by atoms with van der Waals surface area (Å²) in [7, 11) is 1.63. The van der Waals surface area contributed by atoms with Gasteiger partial charge in [-0.15, -0.1) is 0 Å². The van der Waals surface area contributed by atoms with Gasteiger partial charge in [0, 0.05) is 5.02 Å². The van der Waals surface area contributed by atoms with Crippen molar-refractivity contribution in [3.8, 4) is 11.5 Å². The van der Waals surface area contributed by atoms with Gasteiger partial charge in [0.25, 0.3) is 5.91 Å². The van der Waals surface area contributed by atoms with E-state index in [1.54, 1.807) is 14.0 Å². The Morgan fingerprint density at radius 1 is 1.12 bits per heavy atom. The van der Waals surface area contributed by atoms with Gasteiger partial charge in [-0.05, 0) is 68.1 Å². The number of nitrogens with one attached hydrogen (secondary N) is 1. The predicted octanol–water partition coefficient (Wildman–Crippen LogP) is 5.00. The molecule has 2 aromatic carbocycles. The van der Waals surface area contributed by atoms with Crippen LogP contribution in [0.3, 0.4) is 0 Å². The Hall–Kier alpha value is -2.20. The van der Waals surface area contributed by atoms with E-state index in [1.165, 1.54) is 0 Å². The van der Waals surface area contributed by atoms with E-state index < -0.39 is 6.10 Å². The van der Waals surface area contributed by atoms with Gasteiger partial charge in [0.2, 0.25) is 0 Å². The highest BCUT2D eigenvalue weighted by molar-refractivity contribution is 6.32. The molecule has 0 aliphatic heterocycles. The number of benzene rings is 2. The lowest BCUT2D eigenvalue weighted by Crippen LogP contribution is -2.38. The van der Waals surface area contributed by atoms with E-state index in [-0.39, 0.29) is 11.9 Å². The van der Waals surface area contributed by atoms with Gasteiger partial charge >= 0.3 is 0 Å². The standard InChI is InChI=1S/C21H26ClNO3/c1-6-19(16-7-9-17(25-5)10-8-16)23-21(24)15(4)26-18-11-13(2)20(22)14(3)12-18/h7-12,15,19H,6H2,1-5H3,(H,23,24)/t15-,19-/m0/s1. The molecule has 0 fully saturated rings. The fourth-order valence-electron chi connectivity index (χ4n) is 2.78. The molecule has 0 aliphatic carbocycles. The van der Waals surface area contributed by atoms with Gasteiger partial charge < -0.3 is 14.8 Å². The van der Waals surface area contributed by atoms with Crippen LogP contribution in [0.5, 0.6) is 11.5 Å². The zero-order valence-corrected chi connectivity index (χ0v) is 16.7. The lowest BCUT2D eigenvalue weighted by Gasteiger charge is -2.21. The fraction of sp³-hybridized carbons (Fsp3) is 0.381. The van der Waals surface area contributed by atoms with Crippen molar-refractivity contribution in [3.63, 3.8) is 0 Å². The Kier molecular flexibility index (Phi) is 6.92. The van der Waals surface area contributed by atoms with Gasteiger partial charge in [-0.2, -0.15) is 0 Å². The van der Waals surface area contributed by atoms with Gasteiger partial charge in [-0.25, -0.2) is 0 Å². The fourth-order valence-corrected chi connectivity index (χ4v) is 2.89. The van der Waals surface area contributed by atoms with Crippen LogP contribution in [0.15, 0.2) is 36.4 Å². The van der Waals surface area contributed by atoms with Gasteiger partial charge in [0.1, 0.15) is 11.5 Å². The second-order valence-corrected chi connectivity index (χ2v) is 6.75. The van der Waals surface area contributed by atoms with Crippen molar-refractivity contribution in [1.82, 2.24) is 5.32 Å². The normalized spacial score (nSPS) is 13.0. The van der Waals surface area contributed by atoms with Gasteiger partial charge in [-0.1, -0.05) is 30.7 Å². The molecule has 0 aromatic heterocycles. The SMILES string of the molecule is CC[C@H](NC(=O)[C@H](C)Oc1cc(C)c(Cl)c(C)c1)c1ccc(OC)cc1. The Morgan fingerprint density at radius 3 is 2.19 bits per heavy atom. The number of methoxy groups -OCH3 is 1. The summed E-state index contributed by atoms with van der Waals surface area (Å²) in [5, 5.41) is 3.77. The van der Waals surface area contributed by atoms with E-state index in [0.29, 0.717) is 5.75 Å². The summed E-state index contributed by atoms with van der Waals surface area (Å²) < 4.78 is 11.0. The maximum absolute atomic E-state index is 12.6. The number of carbonyl (C=O) groups is 1. The summed E-state index contributed by atoms with van der Waals surface area (Å²) in [6.45, 7) is 7.62. The zero-order valence-electron chi connectivity index (χ0n) is 15.9. The second kappa shape index (κ2) is 8.95. The number of amides is 1. The lowest BCUT2D eigenvalue weighted by atomic mass is 10.0. The van der Waals surface area contributed by atoms with Crippen molar-refractivity contribution in [2.24, 2.45) is 0 Å². The van der Waals surface area contributed by atoms with Crippen molar-refractivity contribution in [2.45, 2.75) is 46.3 Å². The quantitative estimate of drug-likeness (QED) is 0.740. The van der Waals surface area contributed by atoms with Crippen LogP contribution in [0.2, 0.25) is 5.02 Å². The molecule has 0 bridgehead atoms. The molecule has 140 valence electrons. The highest BCUT2D eigenvalue weighted by atomic mass is 35.5. The molecule has 2 atom stereocenters. The molecule has 2 aromatic rings. The van der Waals surface area contributed by atoms with E-state index in [4.69, 9.17) is 21.1 Å².